The third kappa shape index (κ3) is 4.74. The van der Waals surface area contributed by atoms with Gasteiger partial charge in [0.2, 0.25) is 0 Å². The van der Waals surface area contributed by atoms with Gasteiger partial charge in [-0.25, -0.2) is 4.98 Å². The normalized spacial score (nSPS) is 15.6. The van der Waals surface area contributed by atoms with Crippen molar-refractivity contribution in [1.82, 2.24) is 10.3 Å². The Morgan fingerprint density at radius 2 is 2.11 bits per heavy atom. The number of methoxy groups -OCH3 is 1. The summed E-state index contributed by atoms with van der Waals surface area (Å²) >= 11 is 3.44. The molecule has 0 saturated heterocycles. The standard InChI is InChI=1S/C22H26N2O2S2/c1-25-20-8-4-5-17(21(20)26-18-6-2-3-7-18)14-24-19(22-23-10-12-28-22)13-16-9-11-27-15-16/h4-5,8-12,15,18-19,24H,2-3,6-7,13-14H2,1H3/t19-/m0/s1. The summed E-state index contributed by atoms with van der Waals surface area (Å²) in [5.74, 6) is 1.70. The molecular formula is C22H26N2O2S2. The SMILES string of the molecule is COc1cccc(CN[C@@H](Cc2ccsc2)c2nccs2)c1OC1CCCC1. The molecule has 0 radical (unpaired) electrons. The van der Waals surface area contributed by atoms with Crippen LogP contribution in [0.4, 0.5) is 0 Å². The lowest BCUT2D eigenvalue weighted by Gasteiger charge is -2.21. The number of aromatic nitrogens is 1. The van der Waals surface area contributed by atoms with Crippen molar-refractivity contribution in [1.29, 1.82) is 0 Å². The van der Waals surface area contributed by atoms with Crippen LogP contribution in [0.3, 0.4) is 0 Å². The van der Waals surface area contributed by atoms with Crippen molar-refractivity contribution in [2.24, 2.45) is 0 Å². The number of hydrogen-bond donors (Lipinski definition) is 1. The summed E-state index contributed by atoms with van der Waals surface area (Å²) in [5, 5.41) is 11.2. The van der Waals surface area contributed by atoms with Crippen LogP contribution in [0.1, 0.15) is 47.9 Å². The lowest BCUT2D eigenvalue weighted by atomic mass is 10.1. The molecule has 0 spiro atoms. The van der Waals surface area contributed by atoms with Gasteiger partial charge in [-0.05, 0) is 60.6 Å². The quantitative estimate of drug-likeness (QED) is 0.494. The molecule has 6 heteroatoms. The van der Waals surface area contributed by atoms with E-state index in [1.807, 2.05) is 23.7 Å². The first-order valence-electron chi connectivity index (χ1n) is 9.80. The second-order valence-corrected chi connectivity index (χ2v) is 8.82. The van der Waals surface area contributed by atoms with Gasteiger partial charge in [0.1, 0.15) is 5.01 Å². The van der Waals surface area contributed by atoms with Crippen LogP contribution in [-0.4, -0.2) is 18.2 Å². The van der Waals surface area contributed by atoms with E-state index in [0.717, 1.165) is 41.3 Å². The molecule has 0 amide bonds. The van der Waals surface area contributed by atoms with Crippen LogP contribution in [0, 0.1) is 0 Å². The molecule has 0 bridgehead atoms. The van der Waals surface area contributed by atoms with Crippen molar-refractivity contribution >= 4 is 22.7 Å². The number of nitrogens with one attached hydrogen (secondary N) is 1. The van der Waals surface area contributed by atoms with E-state index in [1.54, 1.807) is 29.8 Å². The van der Waals surface area contributed by atoms with Crippen LogP contribution in [-0.2, 0) is 13.0 Å². The van der Waals surface area contributed by atoms with E-state index in [1.165, 1.54) is 18.4 Å². The molecule has 4 nitrogen and oxygen atoms in total. The van der Waals surface area contributed by atoms with Crippen molar-refractivity contribution in [3.8, 4) is 11.5 Å². The number of benzene rings is 1. The Balaban J connectivity index is 1.51. The highest BCUT2D eigenvalue weighted by molar-refractivity contribution is 7.09. The summed E-state index contributed by atoms with van der Waals surface area (Å²) in [5.41, 5.74) is 2.48. The van der Waals surface area contributed by atoms with Crippen LogP contribution in [0.25, 0.3) is 0 Å². The van der Waals surface area contributed by atoms with E-state index in [-0.39, 0.29) is 6.04 Å². The third-order valence-corrected chi connectivity index (χ3v) is 6.80. The zero-order valence-corrected chi connectivity index (χ0v) is 17.7. The van der Waals surface area contributed by atoms with Crippen molar-refractivity contribution in [2.75, 3.05) is 7.11 Å². The van der Waals surface area contributed by atoms with Crippen molar-refractivity contribution in [3.63, 3.8) is 0 Å². The van der Waals surface area contributed by atoms with Crippen LogP contribution < -0.4 is 14.8 Å². The maximum atomic E-state index is 6.38. The molecule has 28 heavy (non-hydrogen) atoms. The van der Waals surface area contributed by atoms with Gasteiger partial charge in [-0.15, -0.1) is 11.3 Å². The molecule has 1 aliphatic rings. The predicted octanol–water partition coefficient (Wildman–Crippen LogP) is 5.61. The van der Waals surface area contributed by atoms with E-state index in [0.29, 0.717) is 12.6 Å². The van der Waals surface area contributed by atoms with Crippen molar-refractivity contribution < 1.29 is 9.47 Å². The zero-order chi connectivity index (χ0) is 19.2. The summed E-state index contributed by atoms with van der Waals surface area (Å²) < 4.78 is 12.0. The Bertz CT molecular complexity index is 844. The topological polar surface area (TPSA) is 43.4 Å². The molecule has 1 aromatic carbocycles. The molecule has 1 aliphatic carbocycles. The average Bonchev–Trinajstić information content (AvgIpc) is 3.49. The van der Waals surface area contributed by atoms with Crippen LogP contribution in [0.2, 0.25) is 0 Å². The van der Waals surface area contributed by atoms with Gasteiger partial charge >= 0.3 is 0 Å². The number of thiazole rings is 1. The van der Waals surface area contributed by atoms with E-state index < -0.39 is 0 Å². The first-order chi connectivity index (χ1) is 13.8. The number of nitrogens with zero attached hydrogens (tertiary/aromatic N) is 1. The summed E-state index contributed by atoms with van der Waals surface area (Å²) in [4.78, 5) is 4.55. The number of ether oxygens (including phenoxy) is 2. The summed E-state index contributed by atoms with van der Waals surface area (Å²) in [6, 6.07) is 8.52. The van der Waals surface area contributed by atoms with E-state index >= 15 is 0 Å². The molecule has 2 heterocycles. The smallest absolute Gasteiger partial charge is 0.166 e. The minimum atomic E-state index is 0.181. The monoisotopic (exact) mass is 414 g/mol. The number of para-hydroxylation sites is 1. The maximum Gasteiger partial charge on any atom is 0.166 e. The predicted molar refractivity (Wildman–Crippen MR) is 116 cm³/mol. The fourth-order valence-corrected chi connectivity index (χ4v) is 5.09. The van der Waals surface area contributed by atoms with E-state index in [2.05, 4.69) is 33.2 Å². The van der Waals surface area contributed by atoms with Gasteiger partial charge in [-0.2, -0.15) is 11.3 Å². The number of rotatable bonds is 9. The third-order valence-electron chi connectivity index (χ3n) is 5.18. The largest absolute Gasteiger partial charge is 0.493 e. The summed E-state index contributed by atoms with van der Waals surface area (Å²) in [6.45, 7) is 0.716. The van der Waals surface area contributed by atoms with Gasteiger partial charge in [-0.3, -0.25) is 0 Å². The van der Waals surface area contributed by atoms with Crippen LogP contribution in [0.15, 0.2) is 46.6 Å². The van der Waals surface area contributed by atoms with Crippen molar-refractivity contribution in [3.05, 3.63) is 62.7 Å². The second-order valence-electron chi connectivity index (χ2n) is 7.11. The molecule has 1 N–H and O–H groups in total. The molecule has 4 rings (SSSR count). The zero-order valence-electron chi connectivity index (χ0n) is 16.1. The maximum absolute atomic E-state index is 6.38. The van der Waals surface area contributed by atoms with Gasteiger partial charge in [0.25, 0.3) is 0 Å². The lowest BCUT2D eigenvalue weighted by Crippen LogP contribution is -2.23. The molecule has 1 saturated carbocycles. The highest BCUT2D eigenvalue weighted by Gasteiger charge is 2.21. The molecular weight excluding hydrogens is 388 g/mol. The lowest BCUT2D eigenvalue weighted by molar-refractivity contribution is 0.198. The highest BCUT2D eigenvalue weighted by Crippen LogP contribution is 2.35. The van der Waals surface area contributed by atoms with Gasteiger partial charge in [0.15, 0.2) is 11.5 Å². The Labute approximate surface area is 174 Å². The van der Waals surface area contributed by atoms with E-state index in [9.17, 15) is 0 Å². The van der Waals surface area contributed by atoms with Crippen LogP contribution >= 0.6 is 22.7 Å². The Morgan fingerprint density at radius 1 is 1.21 bits per heavy atom. The number of thiophene rings is 1. The van der Waals surface area contributed by atoms with Gasteiger partial charge in [0.05, 0.1) is 19.3 Å². The molecule has 148 valence electrons. The molecule has 3 aromatic rings. The van der Waals surface area contributed by atoms with Gasteiger partial charge in [-0.1, -0.05) is 12.1 Å². The first kappa shape index (κ1) is 19.4. The fourth-order valence-electron chi connectivity index (χ4n) is 3.70. The second kappa shape index (κ2) is 9.54. The molecule has 0 aliphatic heterocycles. The molecule has 0 unspecified atom stereocenters. The highest BCUT2D eigenvalue weighted by atomic mass is 32.1. The summed E-state index contributed by atoms with van der Waals surface area (Å²) in [6.07, 6.45) is 7.87. The minimum Gasteiger partial charge on any atom is -0.493 e. The molecule has 1 fully saturated rings. The minimum absolute atomic E-state index is 0.181. The average molecular weight is 415 g/mol. The molecule has 2 aromatic heterocycles. The Hall–Kier alpha value is -1.89. The van der Waals surface area contributed by atoms with Crippen LogP contribution in [0.5, 0.6) is 11.5 Å². The van der Waals surface area contributed by atoms with Gasteiger partial charge in [0, 0.05) is 23.7 Å². The molecule has 1 atom stereocenters. The van der Waals surface area contributed by atoms with E-state index in [4.69, 9.17) is 9.47 Å². The Kier molecular flexibility index (Phi) is 6.62. The fraction of sp³-hybridized carbons (Fsp3) is 0.409. The number of hydrogen-bond acceptors (Lipinski definition) is 6. The van der Waals surface area contributed by atoms with Crippen molar-refractivity contribution in [2.45, 2.75) is 50.8 Å². The first-order valence-corrected chi connectivity index (χ1v) is 11.6. The summed E-state index contributed by atoms with van der Waals surface area (Å²) in [7, 11) is 1.71. The van der Waals surface area contributed by atoms with Gasteiger partial charge < -0.3 is 14.8 Å². The Morgan fingerprint density at radius 3 is 2.82 bits per heavy atom.